The molecule has 6 rings (SSSR count). The maximum Gasteiger partial charge on any atom is 1.00 e. The van der Waals surface area contributed by atoms with E-state index in [0.717, 1.165) is 53.6 Å². The Morgan fingerprint density at radius 3 is 2.38 bits per heavy atom. The third-order valence-corrected chi connectivity index (χ3v) is 8.06. The smallest absolute Gasteiger partial charge is 1.00 e. The van der Waals surface area contributed by atoms with E-state index in [4.69, 9.17) is 14.2 Å². The summed E-state index contributed by atoms with van der Waals surface area (Å²) in [5.74, 6) is 1.15. The number of carbonyl (C=O) groups is 1. The van der Waals surface area contributed by atoms with Crippen molar-refractivity contribution >= 4 is 5.78 Å². The minimum absolute atomic E-state index is 0. The maximum absolute atomic E-state index is 14.0. The molecule has 45 heavy (non-hydrogen) atoms. The van der Waals surface area contributed by atoms with Gasteiger partial charge in [-0.25, -0.2) is 9.78 Å². The molecule has 2 heterocycles. The zero-order valence-electron chi connectivity index (χ0n) is 26.8. The fraction of sp³-hybridized carbons (Fsp3) is 0.286. The molecule has 1 aliphatic rings. The van der Waals surface area contributed by atoms with Crippen molar-refractivity contribution in [3.05, 3.63) is 116 Å². The Morgan fingerprint density at radius 1 is 0.978 bits per heavy atom. The monoisotopic (exact) mass is 630 g/mol. The molecular weight excluding hydrogens is 596 g/mol. The minimum atomic E-state index is -0.606. The molecule has 0 saturated heterocycles. The zero-order valence-corrected chi connectivity index (χ0v) is 29.0. The largest absolute Gasteiger partial charge is 1.00 e. The molecule has 1 atom stereocenters. The van der Waals surface area contributed by atoms with Crippen LogP contribution in [0.3, 0.4) is 0 Å². The van der Waals surface area contributed by atoms with E-state index in [1.807, 2.05) is 79.7 Å². The van der Waals surface area contributed by atoms with Gasteiger partial charge >= 0.3 is 57.1 Å². The predicted molar refractivity (Wildman–Crippen MR) is 168 cm³/mol. The van der Waals surface area contributed by atoms with E-state index in [9.17, 15) is 14.4 Å². The number of hydrogen-bond donors (Lipinski definition) is 1. The van der Waals surface area contributed by atoms with Gasteiger partial charge in [-0.2, -0.15) is 0 Å². The van der Waals surface area contributed by atoms with Crippen molar-refractivity contribution < 1.29 is 66.9 Å². The summed E-state index contributed by atoms with van der Waals surface area (Å²) in [7, 11) is 0. The average molecular weight is 631 g/mol. The number of ketones is 1. The van der Waals surface area contributed by atoms with Gasteiger partial charge in [0.25, 0.3) is 5.56 Å². The van der Waals surface area contributed by atoms with Gasteiger partial charge < -0.3 is 6.16 Å². The van der Waals surface area contributed by atoms with Crippen molar-refractivity contribution in [1.29, 1.82) is 0 Å². The second-order valence-corrected chi connectivity index (χ2v) is 11.2. The third kappa shape index (κ3) is 7.36. The number of aromatic nitrogens is 4. The summed E-state index contributed by atoms with van der Waals surface area (Å²) in [4.78, 5) is 45.3. The number of benzene rings is 3. The van der Waals surface area contributed by atoms with Crippen molar-refractivity contribution in [3.8, 4) is 34.0 Å². The SMILES string of the molecule is CCCc1nc(C)n(-c2ccc(OC3CCCCC3=O)cc2)c(=O)c1Cc1ccc(-c2ccccc2-c2noc(=O)[nH]2)cc1.[H-].[K+]. The first kappa shape index (κ1) is 33.0. The normalized spacial score (nSPS) is 14.6. The fourth-order valence-corrected chi connectivity index (χ4v) is 5.85. The second-order valence-electron chi connectivity index (χ2n) is 11.2. The van der Waals surface area contributed by atoms with Crippen LogP contribution in [0.25, 0.3) is 28.2 Å². The van der Waals surface area contributed by atoms with Crippen LogP contribution in [0.15, 0.2) is 86.9 Å². The van der Waals surface area contributed by atoms with E-state index in [0.29, 0.717) is 47.9 Å². The van der Waals surface area contributed by atoms with Crippen LogP contribution in [-0.2, 0) is 17.6 Å². The molecule has 3 aromatic carbocycles. The van der Waals surface area contributed by atoms with Crippen molar-refractivity contribution in [1.82, 2.24) is 19.7 Å². The predicted octanol–water partition coefficient (Wildman–Crippen LogP) is 3.10. The van der Waals surface area contributed by atoms with E-state index in [2.05, 4.69) is 17.1 Å². The van der Waals surface area contributed by atoms with E-state index in [-0.39, 0.29) is 64.2 Å². The minimum Gasteiger partial charge on any atom is -1.00 e. The summed E-state index contributed by atoms with van der Waals surface area (Å²) in [6.07, 6.45) is 4.83. The number of ether oxygens (including phenoxy) is 1. The van der Waals surface area contributed by atoms with Gasteiger partial charge in [-0.15, -0.1) is 0 Å². The molecule has 10 heteroatoms. The summed E-state index contributed by atoms with van der Waals surface area (Å²) in [5.41, 5.74) is 5.65. The Bertz CT molecular complexity index is 1920. The first-order valence-electron chi connectivity index (χ1n) is 15.1. The maximum atomic E-state index is 14.0. The van der Waals surface area contributed by atoms with E-state index < -0.39 is 11.9 Å². The van der Waals surface area contributed by atoms with Crippen molar-refractivity contribution in [2.45, 2.75) is 64.9 Å². The molecule has 1 saturated carbocycles. The number of hydrogen-bond acceptors (Lipinski definition) is 7. The van der Waals surface area contributed by atoms with Gasteiger partial charge in [0, 0.05) is 24.0 Å². The molecule has 226 valence electrons. The van der Waals surface area contributed by atoms with Crippen LogP contribution in [0, 0.1) is 6.92 Å². The summed E-state index contributed by atoms with van der Waals surface area (Å²) in [6.45, 7) is 3.93. The number of Topliss-reactive ketones (excluding diaryl/α,β-unsaturated/α-hetero) is 1. The number of H-pyrrole nitrogens is 1. The van der Waals surface area contributed by atoms with Gasteiger partial charge in [0.2, 0.25) is 0 Å². The molecule has 1 unspecified atom stereocenters. The summed E-state index contributed by atoms with van der Waals surface area (Å²) in [6, 6.07) is 23.0. The molecule has 2 aromatic heterocycles. The van der Waals surface area contributed by atoms with Crippen LogP contribution in [0.2, 0.25) is 0 Å². The van der Waals surface area contributed by atoms with Crippen LogP contribution in [0.5, 0.6) is 5.75 Å². The number of nitrogens with zero attached hydrogens (tertiary/aromatic N) is 3. The summed E-state index contributed by atoms with van der Waals surface area (Å²) in [5, 5.41) is 3.85. The van der Waals surface area contributed by atoms with Crippen LogP contribution in [0.4, 0.5) is 0 Å². The van der Waals surface area contributed by atoms with Crippen molar-refractivity contribution in [2.75, 3.05) is 0 Å². The van der Waals surface area contributed by atoms with Crippen LogP contribution < -0.4 is 67.4 Å². The van der Waals surface area contributed by atoms with Gasteiger partial charge in [-0.3, -0.25) is 23.7 Å². The average Bonchev–Trinajstić information content (AvgIpc) is 3.47. The van der Waals surface area contributed by atoms with Gasteiger partial charge in [0.15, 0.2) is 17.7 Å². The number of nitrogens with one attached hydrogen (secondary N) is 1. The van der Waals surface area contributed by atoms with Gasteiger partial charge in [0.05, 0.1) is 11.4 Å². The van der Waals surface area contributed by atoms with Gasteiger partial charge in [0.1, 0.15) is 11.6 Å². The topological polar surface area (TPSA) is 120 Å². The Balaban J connectivity index is 0.00000240. The number of aromatic amines is 1. The molecule has 0 amide bonds. The second kappa shape index (κ2) is 14.8. The molecule has 0 bridgehead atoms. The molecular formula is C35H35KN4O5. The number of carbonyl (C=O) groups excluding carboxylic acids is 1. The van der Waals surface area contributed by atoms with Crippen LogP contribution in [-0.4, -0.2) is 31.6 Å². The molecule has 1 aliphatic carbocycles. The van der Waals surface area contributed by atoms with Gasteiger partial charge in [-0.05, 0) is 73.6 Å². The molecule has 5 aromatic rings. The Hall–Kier alpha value is -3.41. The van der Waals surface area contributed by atoms with E-state index in [1.165, 1.54) is 0 Å². The van der Waals surface area contributed by atoms with E-state index in [1.54, 1.807) is 4.57 Å². The summed E-state index contributed by atoms with van der Waals surface area (Å²) < 4.78 is 12.3. The number of aryl methyl sites for hydroxylation is 2. The van der Waals surface area contributed by atoms with Crippen molar-refractivity contribution in [2.24, 2.45) is 0 Å². The van der Waals surface area contributed by atoms with Crippen LogP contribution >= 0.6 is 0 Å². The molecule has 1 N–H and O–H groups in total. The molecule has 0 radical (unpaired) electrons. The fourth-order valence-electron chi connectivity index (χ4n) is 5.85. The Labute approximate surface area is 305 Å². The molecule has 0 aliphatic heterocycles. The Kier molecular flexibility index (Phi) is 10.8. The first-order chi connectivity index (χ1) is 21.4. The first-order valence-corrected chi connectivity index (χ1v) is 15.1. The molecule has 9 nitrogen and oxygen atoms in total. The summed E-state index contributed by atoms with van der Waals surface area (Å²) >= 11 is 0. The molecule has 0 spiro atoms. The van der Waals surface area contributed by atoms with Crippen LogP contribution in [0.1, 0.15) is 63.1 Å². The standard InChI is InChI=1S/C35H34N4O5.K.H/c1-3-8-30-29(21-23-13-15-24(16-14-23)27-9-4-5-10-28(27)33-37-35(42)44-38-33)34(41)39(22(2)36-30)25-17-19-26(20-18-25)43-32-12-7-6-11-31(32)40;;/h4-5,9-10,13-20,32H,3,6-8,11-12,21H2,1-2H3,(H,37,38,42);;/q;+1;-1. The zero-order chi connectivity index (χ0) is 30.6. The van der Waals surface area contributed by atoms with E-state index >= 15 is 0 Å². The Morgan fingerprint density at radius 2 is 1.71 bits per heavy atom. The van der Waals surface area contributed by atoms with Crippen molar-refractivity contribution in [3.63, 3.8) is 0 Å². The quantitative estimate of drug-likeness (QED) is 0.249. The van der Waals surface area contributed by atoms with Gasteiger partial charge in [-0.1, -0.05) is 67.0 Å². The number of rotatable bonds is 9. The molecule has 1 fully saturated rings. The third-order valence-electron chi connectivity index (χ3n) is 8.06.